The van der Waals surface area contributed by atoms with Crippen LogP contribution in [0.25, 0.3) is 27.5 Å². The molecule has 1 atom stereocenters. The molecule has 0 fully saturated rings. The van der Waals surface area contributed by atoms with Crippen LogP contribution in [0.15, 0.2) is 47.7 Å². The first-order chi connectivity index (χ1) is 10.8. The number of rotatable bonds is 1. The molecule has 0 saturated carbocycles. The highest BCUT2D eigenvalue weighted by molar-refractivity contribution is 6.68. The molecule has 0 spiro atoms. The van der Waals surface area contributed by atoms with Crippen LogP contribution in [0.3, 0.4) is 0 Å². The largest absolute Gasteiger partial charge is 0.117 e. The van der Waals surface area contributed by atoms with E-state index in [0.29, 0.717) is 5.92 Å². The second-order valence-electron chi connectivity index (χ2n) is 6.70. The number of allylic oxidation sites excluding steroid dienone is 2. The zero-order valence-electron chi connectivity index (χ0n) is 12.6. The molecule has 1 unspecified atom stereocenters. The van der Waals surface area contributed by atoms with Crippen LogP contribution >= 0.6 is 0 Å². The van der Waals surface area contributed by atoms with Crippen LogP contribution in [0.1, 0.15) is 35.1 Å². The minimum absolute atomic E-state index is 0.669. The predicted molar refractivity (Wildman–Crippen MR) is 93.9 cm³/mol. The summed E-state index contributed by atoms with van der Waals surface area (Å²) in [7, 11) is 0.906. The lowest BCUT2D eigenvalue weighted by molar-refractivity contribution is 1.30. The van der Waals surface area contributed by atoms with Gasteiger partial charge in [0.1, 0.15) is 9.52 Å². The summed E-state index contributed by atoms with van der Waals surface area (Å²) in [6.45, 7) is 4.69. The van der Waals surface area contributed by atoms with Gasteiger partial charge in [-0.1, -0.05) is 47.7 Å². The van der Waals surface area contributed by atoms with Crippen molar-refractivity contribution in [1.29, 1.82) is 0 Å². The van der Waals surface area contributed by atoms with E-state index in [1.54, 1.807) is 43.8 Å². The van der Waals surface area contributed by atoms with Crippen molar-refractivity contribution >= 4 is 31.1 Å². The standard InChI is InChI=1S/C21H14Si/c1-10-15-18-16-11(2)22-21(10)20(16)17(19(15)18)14-9-5-7-12-6-3-4-8-13(12)14/h3-9,18H,1-2H3. The van der Waals surface area contributed by atoms with Gasteiger partial charge in [0.2, 0.25) is 0 Å². The summed E-state index contributed by atoms with van der Waals surface area (Å²) in [6, 6.07) is 15.6. The van der Waals surface area contributed by atoms with Crippen molar-refractivity contribution in [2.24, 2.45) is 0 Å². The van der Waals surface area contributed by atoms with Gasteiger partial charge < -0.3 is 0 Å². The molecule has 102 valence electrons. The Kier molecular flexibility index (Phi) is 1.79. The molecule has 6 bridgehead atoms. The molecular formula is C21H14Si. The van der Waals surface area contributed by atoms with Crippen molar-refractivity contribution in [1.82, 2.24) is 0 Å². The third kappa shape index (κ3) is 1.07. The summed E-state index contributed by atoms with van der Waals surface area (Å²) in [5.41, 5.74) is 11.2. The van der Waals surface area contributed by atoms with Gasteiger partial charge in [-0.25, -0.2) is 0 Å². The van der Waals surface area contributed by atoms with E-state index in [9.17, 15) is 0 Å². The van der Waals surface area contributed by atoms with Gasteiger partial charge >= 0.3 is 0 Å². The summed E-state index contributed by atoms with van der Waals surface area (Å²) >= 11 is 0. The van der Waals surface area contributed by atoms with Gasteiger partial charge in [0.25, 0.3) is 0 Å². The maximum atomic E-state index is 2.35. The normalized spacial score (nSPS) is 19.5. The highest BCUT2D eigenvalue weighted by atomic mass is 28.2. The molecule has 0 nitrogen and oxygen atoms in total. The Hall–Kier alpha value is -2.12. The molecular weight excluding hydrogens is 280 g/mol. The first-order valence-electron chi connectivity index (χ1n) is 7.94. The van der Waals surface area contributed by atoms with E-state index in [2.05, 4.69) is 56.3 Å². The van der Waals surface area contributed by atoms with E-state index in [0.717, 1.165) is 9.52 Å². The SMILES string of the molecule is CC1=C2c3c(c(C)c4c(c3-c3cccc5ccccc35)C24)[Si]1. The summed E-state index contributed by atoms with van der Waals surface area (Å²) < 4.78 is 0. The Morgan fingerprint density at radius 3 is 2.59 bits per heavy atom. The molecule has 0 amide bonds. The van der Waals surface area contributed by atoms with Gasteiger partial charge in [0, 0.05) is 5.92 Å². The van der Waals surface area contributed by atoms with Crippen molar-refractivity contribution in [2.75, 3.05) is 0 Å². The van der Waals surface area contributed by atoms with Crippen LogP contribution in [0, 0.1) is 6.92 Å². The number of benzene rings is 3. The summed E-state index contributed by atoms with van der Waals surface area (Å²) in [4.78, 5) is 0. The first-order valence-corrected chi connectivity index (χ1v) is 8.94. The smallest absolute Gasteiger partial charge is 0.0776 e. The van der Waals surface area contributed by atoms with Crippen LogP contribution < -0.4 is 5.19 Å². The maximum absolute atomic E-state index is 2.35. The predicted octanol–water partition coefficient (Wildman–Crippen LogP) is 4.35. The minimum Gasteiger partial charge on any atom is -0.0776 e. The Balaban J connectivity index is 1.78. The summed E-state index contributed by atoms with van der Waals surface area (Å²) in [5.74, 6) is 0.669. The zero-order chi connectivity index (χ0) is 14.6. The van der Waals surface area contributed by atoms with Gasteiger partial charge in [-0.3, -0.25) is 0 Å². The second kappa shape index (κ2) is 3.44. The molecule has 0 aromatic heterocycles. The average Bonchev–Trinajstić information content (AvgIpc) is 3.07. The molecule has 1 heterocycles. The number of fused-ring (bicyclic) bond motifs is 1. The van der Waals surface area contributed by atoms with Crippen LogP contribution in [0.4, 0.5) is 0 Å². The van der Waals surface area contributed by atoms with E-state index in [4.69, 9.17) is 0 Å². The van der Waals surface area contributed by atoms with E-state index in [1.165, 1.54) is 16.3 Å². The number of hydrogen-bond acceptors (Lipinski definition) is 0. The van der Waals surface area contributed by atoms with Crippen LogP contribution in [-0.2, 0) is 0 Å². The van der Waals surface area contributed by atoms with Crippen molar-refractivity contribution in [3.8, 4) is 11.1 Å². The average molecular weight is 294 g/mol. The molecule has 3 aliphatic carbocycles. The van der Waals surface area contributed by atoms with Crippen molar-refractivity contribution < 1.29 is 0 Å². The fourth-order valence-corrected chi connectivity index (χ4v) is 6.23. The molecule has 2 radical (unpaired) electrons. The molecule has 3 aromatic rings. The highest BCUT2D eigenvalue weighted by Crippen LogP contribution is 2.67. The Bertz CT molecular complexity index is 1060. The summed E-state index contributed by atoms with van der Waals surface area (Å²) in [5, 5.41) is 6.03. The zero-order valence-corrected chi connectivity index (χ0v) is 13.6. The van der Waals surface area contributed by atoms with Crippen molar-refractivity contribution in [3.05, 3.63) is 69.9 Å². The number of hydrogen-bond donors (Lipinski definition) is 0. The van der Waals surface area contributed by atoms with Gasteiger partial charge in [0.15, 0.2) is 0 Å². The van der Waals surface area contributed by atoms with E-state index in [-0.39, 0.29) is 0 Å². The fourth-order valence-electron chi connectivity index (χ4n) is 4.74. The van der Waals surface area contributed by atoms with E-state index >= 15 is 0 Å². The summed E-state index contributed by atoms with van der Waals surface area (Å²) in [6.07, 6.45) is 0. The molecule has 0 N–H and O–H groups in total. The van der Waals surface area contributed by atoms with Gasteiger partial charge in [-0.05, 0) is 68.8 Å². The Morgan fingerprint density at radius 1 is 0.864 bits per heavy atom. The van der Waals surface area contributed by atoms with E-state index < -0.39 is 0 Å². The molecule has 7 rings (SSSR count). The monoisotopic (exact) mass is 294 g/mol. The quantitative estimate of drug-likeness (QED) is 0.585. The third-order valence-electron chi connectivity index (χ3n) is 5.67. The third-order valence-corrected chi connectivity index (χ3v) is 7.19. The Labute approximate surface area is 132 Å². The molecule has 3 aromatic carbocycles. The lowest BCUT2D eigenvalue weighted by atomic mass is 9.90. The second-order valence-corrected chi connectivity index (χ2v) is 8.20. The Morgan fingerprint density at radius 2 is 1.68 bits per heavy atom. The van der Waals surface area contributed by atoms with Gasteiger partial charge in [0.05, 0.1) is 0 Å². The molecule has 4 aliphatic rings. The topological polar surface area (TPSA) is 0 Å². The lowest BCUT2D eigenvalue weighted by Crippen LogP contribution is -2.18. The van der Waals surface area contributed by atoms with Crippen molar-refractivity contribution in [3.63, 3.8) is 0 Å². The molecule has 22 heavy (non-hydrogen) atoms. The van der Waals surface area contributed by atoms with Crippen LogP contribution in [-0.4, -0.2) is 9.52 Å². The highest BCUT2D eigenvalue weighted by Gasteiger charge is 2.53. The minimum atomic E-state index is 0.669. The fraction of sp³-hybridized carbons (Fsp3) is 0.143. The first kappa shape index (κ1) is 11.4. The maximum Gasteiger partial charge on any atom is 0.117 e. The van der Waals surface area contributed by atoms with Crippen LogP contribution in [0.2, 0.25) is 0 Å². The lowest BCUT2D eigenvalue weighted by Gasteiger charge is -2.15. The van der Waals surface area contributed by atoms with Crippen molar-refractivity contribution in [2.45, 2.75) is 19.8 Å². The molecule has 0 saturated heterocycles. The van der Waals surface area contributed by atoms with E-state index in [1.807, 2.05) is 0 Å². The van der Waals surface area contributed by atoms with Crippen LogP contribution in [0.5, 0.6) is 0 Å². The molecule has 1 heteroatoms. The van der Waals surface area contributed by atoms with Gasteiger partial charge in [-0.2, -0.15) is 0 Å². The van der Waals surface area contributed by atoms with Gasteiger partial charge in [-0.15, -0.1) is 0 Å². The molecule has 1 aliphatic heterocycles.